The maximum absolute atomic E-state index is 13.4. The second-order valence-corrected chi connectivity index (χ2v) is 9.15. The van der Waals surface area contributed by atoms with E-state index in [1.165, 1.54) is 4.68 Å². The van der Waals surface area contributed by atoms with Gasteiger partial charge in [-0.05, 0) is 42.8 Å². The summed E-state index contributed by atoms with van der Waals surface area (Å²) in [5, 5.41) is 14.4. The molecule has 1 heterocycles. The smallest absolute Gasteiger partial charge is 0.282 e. The number of nitrogens with zero attached hydrogens (tertiary/aromatic N) is 4. The number of ether oxygens (including phenoxy) is 2. The summed E-state index contributed by atoms with van der Waals surface area (Å²) in [5.74, 6) is 1.59. The highest BCUT2D eigenvalue weighted by Crippen LogP contribution is 2.31. The Balaban J connectivity index is 1.78. The first-order valence-electron chi connectivity index (χ1n) is 11.5. The van der Waals surface area contributed by atoms with E-state index in [-0.39, 0.29) is 18.1 Å². The first kappa shape index (κ1) is 25.1. The van der Waals surface area contributed by atoms with Gasteiger partial charge in [0.2, 0.25) is 0 Å². The lowest BCUT2D eigenvalue weighted by molar-refractivity contribution is 0.284. The molecule has 0 N–H and O–H groups in total. The first-order chi connectivity index (χ1) is 17.5. The lowest BCUT2D eigenvalue weighted by Crippen LogP contribution is -2.23. The molecule has 0 bridgehead atoms. The Labute approximate surface area is 217 Å². The van der Waals surface area contributed by atoms with Gasteiger partial charge in [-0.25, -0.2) is 4.98 Å². The minimum atomic E-state index is -0.249. The van der Waals surface area contributed by atoms with Crippen molar-refractivity contribution in [2.45, 2.75) is 32.8 Å². The van der Waals surface area contributed by atoms with Crippen molar-refractivity contribution in [3.63, 3.8) is 0 Å². The van der Waals surface area contributed by atoms with Crippen LogP contribution >= 0.6 is 15.9 Å². The number of rotatable bonds is 8. The lowest BCUT2D eigenvalue weighted by atomic mass is 10.1. The van der Waals surface area contributed by atoms with Crippen molar-refractivity contribution in [2.75, 3.05) is 7.11 Å². The molecule has 0 fully saturated rings. The number of hydrogen-bond donors (Lipinski definition) is 0. The van der Waals surface area contributed by atoms with Gasteiger partial charge in [-0.1, -0.05) is 54.0 Å². The van der Waals surface area contributed by atoms with Crippen molar-refractivity contribution >= 4 is 33.0 Å². The molecule has 1 atom stereocenters. The molecule has 0 aliphatic heterocycles. The van der Waals surface area contributed by atoms with Gasteiger partial charge in [-0.3, -0.25) is 4.79 Å². The van der Waals surface area contributed by atoms with E-state index in [4.69, 9.17) is 14.5 Å². The average Bonchev–Trinajstić information content (AvgIpc) is 2.91. The predicted octanol–water partition coefficient (Wildman–Crippen LogP) is 6.01. The average molecular weight is 545 g/mol. The fraction of sp³-hybridized carbons (Fsp3) is 0.214. The van der Waals surface area contributed by atoms with Crippen molar-refractivity contribution in [3.8, 4) is 17.6 Å². The van der Waals surface area contributed by atoms with Gasteiger partial charge in [0.05, 0.1) is 35.9 Å². The number of aromatic nitrogens is 2. The van der Waals surface area contributed by atoms with E-state index in [9.17, 15) is 10.1 Å². The largest absolute Gasteiger partial charge is 0.493 e. The van der Waals surface area contributed by atoms with Crippen molar-refractivity contribution in [1.82, 2.24) is 9.66 Å². The zero-order valence-electron chi connectivity index (χ0n) is 20.2. The molecule has 0 aliphatic rings. The van der Waals surface area contributed by atoms with Crippen molar-refractivity contribution in [2.24, 2.45) is 5.10 Å². The summed E-state index contributed by atoms with van der Waals surface area (Å²) in [6.45, 7) is 4.24. The Hall–Kier alpha value is -3.96. The first-order valence-corrected chi connectivity index (χ1v) is 12.3. The van der Waals surface area contributed by atoms with Crippen LogP contribution < -0.4 is 15.0 Å². The molecule has 3 aromatic carbocycles. The zero-order chi connectivity index (χ0) is 25.7. The van der Waals surface area contributed by atoms with E-state index in [0.29, 0.717) is 39.4 Å². The maximum atomic E-state index is 13.4. The van der Waals surface area contributed by atoms with E-state index in [0.717, 1.165) is 16.5 Å². The molecule has 182 valence electrons. The summed E-state index contributed by atoms with van der Waals surface area (Å²) < 4.78 is 13.8. The predicted molar refractivity (Wildman–Crippen MR) is 144 cm³/mol. The quantitative estimate of drug-likeness (QED) is 0.253. The number of nitriles is 1. The Bertz CT molecular complexity index is 1540. The van der Waals surface area contributed by atoms with E-state index in [2.05, 4.69) is 27.1 Å². The SMILES string of the molecule is CC[C@H](C)c1nc2ccc(Br)cc2c(=O)n1N=Cc1cccc(OC)c1OCc1ccccc1C#N. The van der Waals surface area contributed by atoms with Crippen LogP contribution in [0.1, 0.15) is 48.7 Å². The number of benzene rings is 3. The summed E-state index contributed by atoms with van der Waals surface area (Å²) in [7, 11) is 1.56. The van der Waals surface area contributed by atoms with E-state index in [1.54, 1.807) is 31.5 Å². The highest BCUT2D eigenvalue weighted by molar-refractivity contribution is 9.10. The van der Waals surface area contributed by atoms with Gasteiger partial charge < -0.3 is 9.47 Å². The Kier molecular flexibility index (Phi) is 7.81. The molecule has 1 aromatic heterocycles. The van der Waals surface area contributed by atoms with Crippen molar-refractivity contribution in [1.29, 1.82) is 5.26 Å². The minimum absolute atomic E-state index is 0.0198. The van der Waals surface area contributed by atoms with Gasteiger partial charge in [0, 0.05) is 21.5 Å². The number of methoxy groups -OCH3 is 1. The van der Waals surface area contributed by atoms with Crippen LogP contribution in [-0.2, 0) is 6.61 Å². The Morgan fingerprint density at radius 3 is 2.75 bits per heavy atom. The summed E-state index contributed by atoms with van der Waals surface area (Å²) in [6.07, 6.45) is 2.38. The summed E-state index contributed by atoms with van der Waals surface area (Å²) >= 11 is 3.44. The maximum Gasteiger partial charge on any atom is 0.282 e. The van der Waals surface area contributed by atoms with Crippen LogP contribution in [0.4, 0.5) is 0 Å². The monoisotopic (exact) mass is 544 g/mol. The van der Waals surface area contributed by atoms with Gasteiger partial charge in [-0.15, -0.1) is 0 Å². The summed E-state index contributed by atoms with van der Waals surface area (Å²) in [6, 6.07) is 20.3. The van der Waals surface area contributed by atoms with Gasteiger partial charge in [-0.2, -0.15) is 15.0 Å². The normalized spacial score (nSPS) is 12.0. The molecule has 0 radical (unpaired) electrons. The molecule has 0 amide bonds. The standard InChI is InChI=1S/C28H25BrN4O3/c1-4-18(2)27-32-24-13-12-22(29)14-23(24)28(34)33(27)31-16-20-10-7-11-25(35-3)26(20)36-17-21-9-6-5-8-19(21)15-30/h5-14,16,18H,4,17H2,1-3H3/t18-/m0/s1. The second-order valence-electron chi connectivity index (χ2n) is 8.24. The zero-order valence-corrected chi connectivity index (χ0v) is 21.8. The van der Waals surface area contributed by atoms with Crippen LogP contribution in [0.15, 0.2) is 75.0 Å². The van der Waals surface area contributed by atoms with Gasteiger partial charge >= 0.3 is 0 Å². The fourth-order valence-corrected chi connectivity index (χ4v) is 4.11. The van der Waals surface area contributed by atoms with Crippen LogP contribution in [-0.4, -0.2) is 23.0 Å². The molecule has 0 unspecified atom stereocenters. The van der Waals surface area contributed by atoms with Crippen LogP contribution in [0.25, 0.3) is 10.9 Å². The second kappa shape index (κ2) is 11.2. The van der Waals surface area contributed by atoms with Gasteiger partial charge in [0.25, 0.3) is 5.56 Å². The third-order valence-corrected chi connectivity index (χ3v) is 6.43. The molecule has 0 spiro atoms. The molecule has 4 aromatic rings. The molecule has 8 heteroatoms. The van der Waals surface area contributed by atoms with E-state index in [1.807, 2.05) is 56.3 Å². The highest BCUT2D eigenvalue weighted by Gasteiger charge is 2.16. The molecule has 0 saturated carbocycles. The molecule has 7 nitrogen and oxygen atoms in total. The van der Waals surface area contributed by atoms with Crippen LogP contribution in [0.2, 0.25) is 0 Å². The van der Waals surface area contributed by atoms with Crippen molar-refractivity contribution < 1.29 is 9.47 Å². The molecule has 0 saturated heterocycles. The third kappa shape index (κ3) is 5.16. The highest BCUT2D eigenvalue weighted by atomic mass is 79.9. The lowest BCUT2D eigenvalue weighted by Gasteiger charge is -2.15. The van der Waals surface area contributed by atoms with E-state index >= 15 is 0 Å². The summed E-state index contributed by atoms with van der Waals surface area (Å²) in [5.41, 5.74) is 2.31. The van der Waals surface area contributed by atoms with Crippen LogP contribution in [0.5, 0.6) is 11.5 Å². The molecular weight excluding hydrogens is 520 g/mol. The Morgan fingerprint density at radius 1 is 1.19 bits per heavy atom. The van der Waals surface area contributed by atoms with Gasteiger partial charge in [0.1, 0.15) is 12.4 Å². The molecule has 36 heavy (non-hydrogen) atoms. The summed E-state index contributed by atoms with van der Waals surface area (Å²) in [4.78, 5) is 18.2. The fourth-order valence-electron chi connectivity index (χ4n) is 3.75. The third-order valence-electron chi connectivity index (χ3n) is 5.94. The molecule has 4 rings (SSSR count). The number of fused-ring (bicyclic) bond motifs is 1. The topological polar surface area (TPSA) is 89.5 Å². The van der Waals surface area contributed by atoms with Crippen molar-refractivity contribution in [3.05, 3.63) is 98.0 Å². The molecule has 0 aliphatic carbocycles. The van der Waals surface area contributed by atoms with Crippen LogP contribution in [0.3, 0.4) is 0 Å². The Morgan fingerprint density at radius 2 is 2.00 bits per heavy atom. The van der Waals surface area contributed by atoms with Crippen LogP contribution in [0, 0.1) is 11.3 Å². The van der Waals surface area contributed by atoms with E-state index < -0.39 is 0 Å². The van der Waals surface area contributed by atoms with Gasteiger partial charge in [0.15, 0.2) is 11.5 Å². The number of hydrogen-bond acceptors (Lipinski definition) is 6. The number of halogens is 1. The molecular formula is C28H25BrN4O3. The number of para-hydroxylation sites is 1. The minimum Gasteiger partial charge on any atom is -0.493 e.